The molecule has 0 spiro atoms. The maximum atomic E-state index is 14.7. The zero-order chi connectivity index (χ0) is 26.8. The fraction of sp³-hybridized carbons (Fsp3) is 0.355. The Balaban J connectivity index is 1.86. The van der Waals surface area contributed by atoms with Gasteiger partial charge in [-0.25, -0.2) is 4.39 Å². The average Bonchev–Trinajstić information content (AvgIpc) is 2.85. The number of hydrogen-bond donors (Lipinski definition) is 1. The monoisotopic (exact) mass is 520 g/mol. The number of thioether (sulfide) groups is 1. The molecular formula is C31H37FN2O2S. The summed E-state index contributed by atoms with van der Waals surface area (Å²) in [6.07, 6.45) is 0.354. The minimum absolute atomic E-state index is 0.0300. The maximum Gasteiger partial charge on any atom is 0.243 e. The number of benzene rings is 3. The average molecular weight is 521 g/mol. The molecule has 2 amide bonds. The van der Waals surface area contributed by atoms with Crippen LogP contribution in [0.4, 0.5) is 4.39 Å². The van der Waals surface area contributed by atoms with E-state index in [1.54, 1.807) is 23.1 Å². The molecule has 0 aliphatic carbocycles. The Morgan fingerprint density at radius 3 is 2.22 bits per heavy atom. The Kier molecular flexibility index (Phi) is 10.8. The van der Waals surface area contributed by atoms with Crippen molar-refractivity contribution in [2.45, 2.75) is 52.5 Å². The second kappa shape index (κ2) is 14.0. The lowest BCUT2D eigenvalue weighted by Crippen LogP contribution is -2.51. The van der Waals surface area contributed by atoms with Gasteiger partial charge in [-0.1, -0.05) is 91.7 Å². The largest absolute Gasteiger partial charge is 0.354 e. The van der Waals surface area contributed by atoms with Crippen molar-refractivity contribution in [3.8, 4) is 0 Å². The Morgan fingerprint density at radius 1 is 0.919 bits per heavy atom. The first-order valence-corrected chi connectivity index (χ1v) is 13.9. The first-order valence-electron chi connectivity index (χ1n) is 12.7. The van der Waals surface area contributed by atoms with E-state index >= 15 is 0 Å². The predicted molar refractivity (Wildman–Crippen MR) is 151 cm³/mol. The fourth-order valence-corrected chi connectivity index (χ4v) is 5.12. The number of rotatable bonds is 12. The van der Waals surface area contributed by atoms with Gasteiger partial charge in [0.25, 0.3) is 0 Å². The molecule has 0 heterocycles. The van der Waals surface area contributed by atoms with E-state index in [1.807, 2.05) is 44.2 Å². The molecular weight excluding hydrogens is 483 g/mol. The molecule has 0 aliphatic rings. The molecule has 4 nitrogen and oxygen atoms in total. The van der Waals surface area contributed by atoms with E-state index in [4.69, 9.17) is 0 Å². The quantitative estimate of drug-likeness (QED) is 0.315. The maximum absolute atomic E-state index is 14.7. The molecule has 0 aromatic heterocycles. The number of amides is 2. The molecule has 0 saturated heterocycles. The SMILES string of the molecule is Cc1cc(C)cc(CSCC(=O)N(Cc2ccccc2F)[C@H](Cc2ccccc2)C(=O)NCC(C)C)c1. The van der Waals surface area contributed by atoms with Gasteiger partial charge in [0.15, 0.2) is 0 Å². The van der Waals surface area contributed by atoms with Crippen molar-refractivity contribution in [2.24, 2.45) is 5.92 Å². The zero-order valence-corrected chi connectivity index (χ0v) is 23.0. The summed E-state index contributed by atoms with van der Waals surface area (Å²) >= 11 is 1.51. The van der Waals surface area contributed by atoms with Crippen molar-refractivity contribution < 1.29 is 14.0 Å². The lowest BCUT2D eigenvalue weighted by Gasteiger charge is -2.32. The number of nitrogens with zero attached hydrogens (tertiary/aromatic N) is 1. The van der Waals surface area contributed by atoms with Gasteiger partial charge in [0, 0.05) is 30.8 Å². The summed E-state index contributed by atoms with van der Waals surface area (Å²) in [5.74, 6) is 0.365. The van der Waals surface area contributed by atoms with Crippen molar-refractivity contribution in [1.82, 2.24) is 10.2 Å². The van der Waals surface area contributed by atoms with E-state index in [2.05, 4.69) is 37.4 Å². The minimum atomic E-state index is -0.755. The lowest BCUT2D eigenvalue weighted by atomic mass is 10.0. The van der Waals surface area contributed by atoms with Crippen LogP contribution in [0.1, 0.15) is 41.7 Å². The number of carbonyl (C=O) groups is 2. The summed E-state index contributed by atoms with van der Waals surface area (Å²) in [5.41, 5.74) is 4.87. The summed E-state index contributed by atoms with van der Waals surface area (Å²) in [6.45, 7) is 8.71. The summed E-state index contributed by atoms with van der Waals surface area (Å²) in [7, 11) is 0. The molecule has 196 valence electrons. The number of carbonyl (C=O) groups excluding carboxylic acids is 2. The Labute approximate surface area is 224 Å². The van der Waals surface area contributed by atoms with Gasteiger partial charge < -0.3 is 10.2 Å². The molecule has 1 atom stereocenters. The van der Waals surface area contributed by atoms with E-state index in [-0.39, 0.29) is 35.8 Å². The summed E-state index contributed by atoms with van der Waals surface area (Å²) in [5, 5.41) is 3.00. The van der Waals surface area contributed by atoms with Crippen LogP contribution < -0.4 is 5.32 Å². The first-order chi connectivity index (χ1) is 17.7. The van der Waals surface area contributed by atoms with Crippen LogP contribution in [0.3, 0.4) is 0 Å². The third kappa shape index (κ3) is 9.04. The van der Waals surface area contributed by atoms with Crippen molar-refractivity contribution in [1.29, 1.82) is 0 Å². The molecule has 1 N–H and O–H groups in total. The highest BCUT2D eigenvalue weighted by Crippen LogP contribution is 2.20. The second-order valence-electron chi connectivity index (χ2n) is 9.95. The summed E-state index contributed by atoms with van der Waals surface area (Å²) in [6, 6.07) is 21.7. The molecule has 3 rings (SSSR count). The van der Waals surface area contributed by atoms with Gasteiger partial charge in [-0.3, -0.25) is 9.59 Å². The van der Waals surface area contributed by atoms with E-state index in [1.165, 1.54) is 29.0 Å². The number of halogens is 1. The van der Waals surface area contributed by atoms with Crippen LogP contribution in [0, 0.1) is 25.6 Å². The van der Waals surface area contributed by atoms with Gasteiger partial charge in [-0.05, 0) is 37.0 Å². The van der Waals surface area contributed by atoms with Gasteiger partial charge in [0.2, 0.25) is 11.8 Å². The molecule has 6 heteroatoms. The van der Waals surface area contributed by atoms with Crippen LogP contribution in [-0.4, -0.2) is 35.1 Å². The van der Waals surface area contributed by atoms with Crippen molar-refractivity contribution in [3.63, 3.8) is 0 Å². The number of aryl methyl sites for hydroxylation is 2. The van der Waals surface area contributed by atoms with E-state index in [0.29, 0.717) is 24.3 Å². The Bertz CT molecular complexity index is 1160. The standard InChI is InChI=1S/C31H37FN2O2S/c1-22(2)18-33-31(36)29(17-25-10-6-5-7-11-25)34(19-27-12-8-9-13-28(27)32)30(35)21-37-20-26-15-23(3)14-24(4)16-26/h5-16,22,29H,17-21H2,1-4H3,(H,33,36)/t29-/m1/s1. The summed E-state index contributed by atoms with van der Waals surface area (Å²) in [4.78, 5) is 28.6. The van der Waals surface area contributed by atoms with Crippen molar-refractivity contribution in [3.05, 3.63) is 106 Å². The lowest BCUT2D eigenvalue weighted by molar-refractivity contribution is -0.139. The van der Waals surface area contributed by atoms with Crippen molar-refractivity contribution >= 4 is 23.6 Å². The summed E-state index contributed by atoms with van der Waals surface area (Å²) < 4.78 is 14.7. The molecule has 0 unspecified atom stereocenters. The molecule has 3 aromatic carbocycles. The number of hydrogen-bond acceptors (Lipinski definition) is 3. The zero-order valence-electron chi connectivity index (χ0n) is 22.2. The minimum Gasteiger partial charge on any atom is -0.354 e. The molecule has 37 heavy (non-hydrogen) atoms. The van der Waals surface area contributed by atoms with Crippen LogP contribution in [0.5, 0.6) is 0 Å². The van der Waals surface area contributed by atoms with Crippen LogP contribution in [-0.2, 0) is 28.3 Å². The first kappa shape index (κ1) is 28.5. The molecule has 0 bridgehead atoms. The number of nitrogens with one attached hydrogen (secondary N) is 1. The molecule has 0 radical (unpaired) electrons. The third-order valence-electron chi connectivity index (χ3n) is 6.03. The highest BCUT2D eigenvalue weighted by Gasteiger charge is 2.30. The van der Waals surface area contributed by atoms with Gasteiger partial charge in [0.05, 0.1) is 5.75 Å². The Hall–Kier alpha value is -3.12. The molecule has 0 saturated carbocycles. The molecule has 3 aromatic rings. The van der Waals surface area contributed by atoms with Crippen LogP contribution in [0.25, 0.3) is 0 Å². The molecule has 0 fully saturated rings. The normalized spacial score (nSPS) is 11.8. The van der Waals surface area contributed by atoms with Crippen molar-refractivity contribution in [2.75, 3.05) is 12.3 Å². The van der Waals surface area contributed by atoms with E-state index < -0.39 is 6.04 Å². The highest BCUT2D eigenvalue weighted by molar-refractivity contribution is 7.99. The predicted octanol–water partition coefficient (Wildman–Crippen LogP) is 6.09. The van der Waals surface area contributed by atoms with Crippen LogP contribution in [0.2, 0.25) is 0 Å². The van der Waals surface area contributed by atoms with Crippen LogP contribution >= 0.6 is 11.8 Å². The van der Waals surface area contributed by atoms with Gasteiger partial charge >= 0.3 is 0 Å². The second-order valence-corrected chi connectivity index (χ2v) is 10.9. The highest BCUT2D eigenvalue weighted by atomic mass is 32.2. The molecule has 0 aliphatic heterocycles. The van der Waals surface area contributed by atoms with Gasteiger partial charge in [-0.2, -0.15) is 0 Å². The van der Waals surface area contributed by atoms with E-state index in [9.17, 15) is 14.0 Å². The Morgan fingerprint density at radius 2 is 1.57 bits per heavy atom. The van der Waals surface area contributed by atoms with E-state index in [0.717, 1.165) is 11.1 Å². The van der Waals surface area contributed by atoms with Gasteiger partial charge in [0.1, 0.15) is 11.9 Å². The van der Waals surface area contributed by atoms with Crippen LogP contribution in [0.15, 0.2) is 72.8 Å². The smallest absolute Gasteiger partial charge is 0.243 e. The third-order valence-corrected chi connectivity index (χ3v) is 7.02. The topological polar surface area (TPSA) is 49.4 Å². The van der Waals surface area contributed by atoms with Gasteiger partial charge in [-0.15, -0.1) is 11.8 Å². The fourth-order valence-electron chi connectivity index (χ4n) is 4.28.